The molecule has 1 aliphatic heterocycles. The Morgan fingerprint density at radius 3 is 2.70 bits per heavy atom. The quantitative estimate of drug-likeness (QED) is 0.845. The van der Waals surface area contributed by atoms with Gasteiger partial charge in [-0.1, -0.05) is 30.3 Å². The molecule has 3 nitrogen and oxygen atoms in total. The normalized spacial score (nSPS) is 17.6. The average Bonchev–Trinajstić information content (AvgIpc) is 2.47. The molecule has 20 heavy (non-hydrogen) atoms. The smallest absolute Gasteiger partial charge is 0.220 e. The number of thioether (sulfide) groups is 1. The number of benzene rings is 1. The first kappa shape index (κ1) is 15.4. The molecule has 0 spiro atoms. The largest absolute Gasteiger partial charge is 0.391 e. The van der Waals surface area contributed by atoms with E-state index in [-0.39, 0.29) is 5.91 Å². The number of aliphatic hydroxyl groups excluding tert-OH is 1. The van der Waals surface area contributed by atoms with Crippen LogP contribution in [0.25, 0.3) is 0 Å². The first-order valence-electron chi connectivity index (χ1n) is 7.30. The van der Waals surface area contributed by atoms with Crippen LogP contribution in [-0.2, 0) is 11.2 Å². The molecule has 2 N–H and O–H groups in total. The van der Waals surface area contributed by atoms with E-state index in [2.05, 4.69) is 5.32 Å². The molecule has 1 aromatic carbocycles. The molecule has 4 heteroatoms. The van der Waals surface area contributed by atoms with Gasteiger partial charge < -0.3 is 10.4 Å². The van der Waals surface area contributed by atoms with E-state index in [9.17, 15) is 9.90 Å². The molecular weight excluding hydrogens is 270 g/mol. The Balaban J connectivity index is 1.64. The lowest BCUT2D eigenvalue weighted by atomic mass is 9.98. The van der Waals surface area contributed by atoms with Crippen LogP contribution in [0.4, 0.5) is 0 Å². The summed E-state index contributed by atoms with van der Waals surface area (Å²) in [5, 5.41) is 12.8. The summed E-state index contributed by atoms with van der Waals surface area (Å²) in [7, 11) is 0. The molecule has 1 atom stereocenters. The highest BCUT2D eigenvalue weighted by molar-refractivity contribution is 7.99. The van der Waals surface area contributed by atoms with Gasteiger partial charge in [0.1, 0.15) is 0 Å². The Morgan fingerprint density at radius 1 is 1.30 bits per heavy atom. The van der Waals surface area contributed by atoms with Crippen molar-refractivity contribution < 1.29 is 9.90 Å². The number of aliphatic hydroxyl groups is 1. The van der Waals surface area contributed by atoms with Gasteiger partial charge >= 0.3 is 0 Å². The lowest BCUT2D eigenvalue weighted by molar-refractivity contribution is -0.122. The molecule has 1 unspecified atom stereocenters. The number of nitrogens with one attached hydrogen (secondary N) is 1. The van der Waals surface area contributed by atoms with Crippen LogP contribution < -0.4 is 5.32 Å². The molecule has 1 amide bonds. The molecule has 1 heterocycles. The zero-order valence-corrected chi connectivity index (χ0v) is 12.6. The van der Waals surface area contributed by atoms with Crippen molar-refractivity contribution in [2.24, 2.45) is 5.92 Å². The van der Waals surface area contributed by atoms with Gasteiger partial charge in [0.25, 0.3) is 0 Å². The number of amides is 1. The third-order valence-electron chi connectivity index (χ3n) is 3.66. The van der Waals surface area contributed by atoms with Crippen LogP contribution >= 0.6 is 11.8 Å². The highest BCUT2D eigenvalue weighted by atomic mass is 32.2. The molecular formula is C16H23NO2S. The van der Waals surface area contributed by atoms with Crippen LogP contribution in [0.3, 0.4) is 0 Å². The molecule has 1 fully saturated rings. The maximum Gasteiger partial charge on any atom is 0.220 e. The first-order chi connectivity index (χ1) is 9.74. The van der Waals surface area contributed by atoms with Crippen molar-refractivity contribution in [1.29, 1.82) is 0 Å². The van der Waals surface area contributed by atoms with Crippen molar-refractivity contribution in [1.82, 2.24) is 5.32 Å². The predicted molar refractivity (Wildman–Crippen MR) is 83.8 cm³/mol. The summed E-state index contributed by atoms with van der Waals surface area (Å²) in [6, 6.07) is 9.86. The zero-order valence-electron chi connectivity index (χ0n) is 11.8. The fraction of sp³-hybridized carbons (Fsp3) is 0.562. The van der Waals surface area contributed by atoms with Crippen LogP contribution in [0, 0.1) is 5.92 Å². The highest BCUT2D eigenvalue weighted by Gasteiger charge is 2.17. The fourth-order valence-corrected chi connectivity index (χ4v) is 3.68. The van der Waals surface area contributed by atoms with E-state index in [1.165, 1.54) is 11.5 Å². The Hall–Kier alpha value is -1.00. The van der Waals surface area contributed by atoms with Gasteiger partial charge in [-0.2, -0.15) is 11.8 Å². The van der Waals surface area contributed by atoms with Gasteiger partial charge in [-0.05, 0) is 35.8 Å². The van der Waals surface area contributed by atoms with Crippen molar-refractivity contribution in [2.75, 3.05) is 18.1 Å². The van der Waals surface area contributed by atoms with E-state index in [0.717, 1.165) is 18.4 Å². The van der Waals surface area contributed by atoms with Gasteiger partial charge in [-0.25, -0.2) is 0 Å². The van der Waals surface area contributed by atoms with Crippen LogP contribution in [0.5, 0.6) is 0 Å². The van der Waals surface area contributed by atoms with E-state index in [1.807, 2.05) is 42.1 Å². The predicted octanol–water partition coefficient (Wildman–Crippen LogP) is 2.24. The topological polar surface area (TPSA) is 49.3 Å². The average molecular weight is 293 g/mol. The third-order valence-corrected chi connectivity index (χ3v) is 4.71. The second-order valence-electron chi connectivity index (χ2n) is 5.41. The van der Waals surface area contributed by atoms with E-state index >= 15 is 0 Å². The monoisotopic (exact) mass is 293 g/mol. The van der Waals surface area contributed by atoms with Crippen molar-refractivity contribution >= 4 is 17.7 Å². The lowest BCUT2D eigenvalue weighted by Gasteiger charge is -2.21. The first-order valence-corrected chi connectivity index (χ1v) is 8.46. The maximum atomic E-state index is 11.8. The molecule has 0 bridgehead atoms. The molecule has 0 saturated carbocycles. The fourth-order valence-electron chi connectivity index (χ4n) is 2.47. The Kier molecular flexibility index (Phi) is 6.40. The van der Waals surface area contributed by atoms with Gasteiger partial charge in [-0.15, -0.1) is 0 Å². The minimum absolute atomic E-state index is 0.0778. The summed E-state index contributed by atoms with van der Waals surface area (Å²) in [5.74, 6) is 2.96. The molecule has 2 rings (SSSR count). The van der Waals surface area contributed by atoms with Crippen molar-refractivity contribution in [2.45, 2.75) is 31.8 Å². The summed E-state index contributed by atoms with van der Waals surface area (Å²) in [4.78, 5) is 11.8. The Labute approximate surface area is 125 Å². The molecule has 0 radical (unpaired) electrons. The Bertz CT molecular complexity index is 404. The summed E-state index contributed by atoms with van der Waals surface area (Å²) in [6.45, 7) is 0.342. The molecule has 1 aliphatic rings. The van der Waals surface area contributed by atoms with E-state index in [1.54, 1.807) is 0 Å². The second kappa shape index (κ2) is 8.32. The summed E-state index contributed by atoms with van der Waals surface area (Å²) < 4.78 is 0. The van der Waals surface area contributed by atoms with E-state index in [4.69, 9.17) is 0 Å². The summed E-state index contributed by atoms with van der Waals surface area (Å²) >= 11 is 1.97. The SMILES string of the molecule is O=C(CC1CCSCC1)NCC(O)Cc1ccccc1. The molecule has 0 aliphatic carbocycles. The number of carbonyl (C=O) groups is 1. The number of hydrogen-bond acceptors (Lipinski definition) is 3. The minimum Gasteiger partial charge on any atom is -0.391 e. The number of hydrogen-bond donors (Lipinski definition) is 2. The second-order valence-corrected chi connectivity index (χ2v) is 6.63. The number of rotatable bonds is 6. The van der Waals surface area contributed by atoms with Crippen molar-refractivity contribution in [3.8, 4) is 0 Å². The van der Waals surface area contributed by atoms with Gasteiger partial charge in [0.05, 0.1) is 6.10 Å². The van der Waals surface area contributed by atoms with Gasteiger partial charge in [-0.3, -0.25) is 4.79 Å². The van der Waals surface area contributed by atoms with Gasteiger partial charge in [0.15, 0.2) is 0 Å². The molecule has 110 valence electrons. The standard InChI is InChI=1S/C16H23NO2S/c18-15(10-13-4-2-1-3-5-13)12-17-16(19)11-14-6-8-20-9-7-14/h1-5,14-15,18H,6-12H2,(H,17,19). The van der Waals surface area contributed by atoms with Crippen LogP contribution in [0.1, 0.15) is 24.8 Å². The van der Waals surface area contributed by atoms with Crippen LogP contribution in [0.2, 0.25) is 0 Å². The lowest BCUT2D eigenvalue weighted by Crippen LogP contribution is -2.34. The van der Waals surface area contributed by atoms with E-state index in [0.29, 0.717) is 25.3 Å². The Morgan fingerprint density at radius 2 is 2.00 bits per heavy atom. The van der Waals surface area contributed by atoms with Crippen LogP contribution in [-0.4, -0.2) is 35.2 Å². The molecule has 0 aromatic heterocycles. The van der Waals surface area contributed by atoms with Crippen LogP contribution in [0.15, 0.2) is 30.3 Å². The third kappa shape index (κ3) is 5.55. The summed E-state index contributed by atoms with van der Waals surface area (Å²) in [6.07, 6.45) is 2.97. The number of carbonyl (C=O) groups excluding carboxylic acids is 1. The van der Waals surface area contributed by atoms with E-state index < -0.39 is 6.10 Å². The van der Waals surface area contributed by atoms with Crippen molar-refractivity contribution in [3.05, 3.63) is 35.9 Å². The molecule has 1 aromatic rings. The highest BCUT2D eigenvalue weighted by Crippen LogP contribution is 2.24. The molecule has 1 saturated heterocycles. The minimum atomic E-state index is -0.511. The maximum absolute atomic E-state index is 11.8. The van der Waals surface area contributed by atoms with Gasteiger partial charge in [0.2, 0.25) is 5.91 Å². The summed E-state index contributed by atoms with van der Waals surface area (Å²) in [5.41, 5.74) is 1.10. The zero-order chi connectivity index (χ0) is 14.2. The van der Waals surface area contributed by atoms with Crippen molar-refractivity contribution in [3.63, 3.8) is 0 Å². The van der Waals surface area contributed by atoms with Gasteiger partial charge in [0, 0.05) is 19.4 Å².